The predicted molar refractivity (Wildman–Crippen MR) is 59.4 cm³/mol. The molecule has 1 heterocycles. The number of hydrogen-bond donors (Lipinski definition) is 1. The van der Waals surface area contributed by atoms with E-state index in [1.54, 1.807) is 0 Å². The Hall–Kier alpha value is 0.270. The molecule has 0 radical (unpaired) electrons. The molecule has 2 unspecified atom stereocenters. The van der Waals surface area contributed by atoms with Crippen LogP contribution in [0.25, 0.3) is 0 Å². The van der Waals surface area contributed by atoms with Gasteiger partial charge in [0.25, 0.3) is 0 Å². The molecule has 1 fully saturated rings. The molecule has 2 atom stereocenters. The zero-order chi connectivity index (χ0) is 9.52. The van der Waals surface area contributed by atoms with Gasteiger partial charge in [0.05, 0.1) is 6.61 Å². The lowest BCUT2D eigenvalue weighted by Gasteiger charge is -2.29. The molecule has 2 nitrogen and oxygen atoms in total. The molecular weight excluding hydrogens is 182 g/mol. The quantitative estimate of drug-likeness (QED) is 0.690. The molecule has 13 heavy (non-hydrogen) atoms. The summed E-state index contributed by atoms with van der Waals surface area (Å²) < 4.78 is 5.29. The van der Waals surface area contributed by atoms with Crippen molar-refractivity contribution in [2.24, 2.45) is 0 Å². The minimum absolute atomic E-state index is 0.708. The highest BCUT2D eigenvalue weighted by Gasteiger charge is 2.20. The molecule has 0 saturated carbocycles. The van der Waals surface area contributed by atoms with E-state index in [0.717, 1.165) is 25.0 Å². The van der Waals surface area contributed by atoms with Gasteiger partial charge in [-0.3, -0.25) is 0 Å². The summed E-state index contributed by atoms with van der Waals surface area (Å²) in [5.74, 6) is 1.34. The van der Waals surface area contributed by atoms with Crippen LogP contribution in [0.15, 0.2) is 0 Å². The lowest BCUT2D eigenvalue weighted by atomic mass is 10.1. The molecular formula is C10H21NOS. The van der Waals surface area contributed by atoms with Crippen molar-refractivity contribution < 1.29 is 4.74 Å². The van der Waals surface area contributed by atoms with Gasteiger partial charge >= 0.3 is 0 Å². The van der Waals surface area contributed by atoms with Gasteiger partial charge in [-0.1, -0.05) is 6.92 Å². The van der Waals surface area contributed by atoms with Crippen molar-refractivity contribution >= 4 is 11.8 Å². The Kier molecular flexibility index (Phi) is 5.83. The molecule has 0 aromatic heterocycles. The third kappa shape index (κ3) is 4.34. The van der Waals surface area contributed by atoms with Gasteiger partial charge < -0.3 is 10.1 Å². The molecule has 1 rings (SSSR count). The molecule has 3 heteroatoms. The van der Waals surface area contributed by atoms with E-state index >= 15 is 0 Å². The van der Waals surface area contributed by atoms with Crippen molar-refractivity contribution in [3.05, 3.63) is 0 Å². The zero-order valence-corrected chi connectivity index (χ0v) is 9.53. The Morgan fingerprint density at radius 3 is 3.08 bits per heavy atom. The standard InChI is InChI=1S/C10H21NOS/c1-3-12-7-6-11-10-5-4-8-13-9(10)2/h9-11H,3-8H2,1-2H3. The Morgan fingerprint density at radius 1 is 1.54 bits per heavy atom. The van der Waals surface area contributed by atoms with Crippen molar-refractivity contribution in [1.29, 1.82) is 0 Å². The van der Waals surface area contributed by atoms with Crippen molar-refractivity contribution in [3.8, 4) is 0 Å². The fourth-order valence-corrected chi connectivity index (χ4v) is 2.82. The van der Waals surface area contributed by atoms with Gasteiger partial charge in [-0.25, -0.2) is 0 Å². The second-order valence-electron chi connectivity index (χ2n) is 3.48. The molecule has 1 aliphatic heterocycles. The van der Waals surface area contributed by atoms with E-state index in [2.05, 4.69) is 24.0 Å². The van der Waals surface area contributed by atoms with Crippen LogP contribution < -0.4 is 5.32 Å². The van der Waals surface area contributed by atoms with Crippen molar-refractivity contribution in [2.45, 2.75) is 38.0 Å². The molecule has 0 aromatic carbocycles. The SMILES string of the molecule is CCOCCNC1CCCSC1C. The van der Waals surface area contributed by atoms with Gasteiger partial charge in [0, 0.05) is 24.4 Å². The highest BCUT2D eigenvalue weighted by molar-refractivity contribution is 7.99. The monoisotopic (exact) mass is 203 g/mol. The van der Waals surface area contributed by atoms with E-state index in [1.807, 2.05) is 6.92 Å². The molecule has 1 aliphatic rings. The second kappa shape index (κ2) is 6.68. The Balaban J connectivity index is 2.05. The summed E-state index contributed by atoms with van der Waals surface area (Å²) in [7, 11) is 0. The maximum atomic E-state index is 5.29. The lowest BCUT2D eigenvalue weighted by Crippen LogP contribution is -2.40. The van der Waals surface area contributed by atoms with Crippen LogP contribution >= 0.6 is 11.8 Å². The fourth-order valence-electron chi connectivity index (χ4n) is 1.65. The molecule has 0 aliphatic carbocycles. The smallest absolute Gasteiger partial charge is 0.0590 e. The zero-order valence-electron chi connectivity index (χ0n) is 8.71. The topological polar surface area (TPSA) is 21.3 Å². The van der Waals surface area contributed by atoms with Gasteiger partial charge in [0.2, 0.25) is 0 Å². The maximum Gasteiger partial charge on any atom is 0.0590 e. The van der Waals surface area contributed by atoms with Gasteiger partial charge in [-0.2, -0.15) is 11.8 Å². The van der Waals surface area contributed by atoms with Crippen LogP contribution in [0.3, 0.4) is 0 Å². The van der Waals surface area contributed by atoms with Gasteiger partial charge in [-0.15, -0.1) is 0 Å². The van der Waals surface area contributed by atoms with Crippen molar-refractivity contribution in [2.75, 3.05) is 25.5 Å². The van der Waals surface area contributed by atoms with Crippen LogP contribution in [0.2, 0.25) is 0 Å². The lowest BCUT2D eigenvalue weighted by molar-refractivity contribution is 0.146. The van der Waals surface area contributed by atoms with E-state index < -0.39 is 0 Å². The first-order valence-electron chi connectivity index (χ1n) is 5.27. The first kappa shape index (κ1) is 11.3. The summed E-state index contributed by atoms with van der Waals surface area (Å²) in [5, 5.41) is 4.33. The van der Waals surface area contributed by atoms with E-state index in [1.165, 1.54) is 18.6 Å². The molecule has 0 spiro atoms. The van der Waals surface area contributed by atoms with Crippen LogP contribution in [0, 0.1) is 0 Å². The Morgan fingerprint density at radius 2 is 2.38 bits per heavy atom. The molecule has 0 amide bonds. The molecule has 1 saturated heterocycles. The maximum absolute atomic E-state index is 5.29. The van der Waals surface area contributed by atoms with Crippen LogP contribution in [0.4, 0.5) is 0 Å². The van der Waals surface area contributed by atoms with Crippen LogP contribution in [0.1, 0.15) is 26.7 Å². The number of thioether (sulfide) groups is 1. The summed E-state index contributed by atoms with van der Waals surface area (Å²) in [6, 6.07) is 0.708. The van der Waals surface area contributed by atoms with Crippen molar-refractivity contribution in [3.63, 3.8) is 0 Å². The Labute approximate surface area is 85.8 Å². The highest BCUT2D eigenvalue weighted by Crippen LogP contribution is 2.24. The Bertz CT molecular complexity index is 132. The largest absolute Gasteiger partial charge is 0.380 e. The minimum Gasteiger partial charge on any atom is -0.380 e. The summed E-state index contributed by atoms with van der Waals surface area (Å²) in [4.78, 5) is 0. The molecule has 0 bridgehead atoms. The average molecular weight is 203 g/mol. The number of ether oxygens (including phenoxy) is 1. The number of nitrogens with one attached hydrogen (secondary N) is 1. The van der Waals surface area contributed by atoms with Gasteiger partial charge in [0.1, 0.15) is 0 Å². The van der Waals surface area contributed by atoms with Crippen molar-refractivity contribution in [1.82, 2.24) is 5.32 Å². The van der Waals surface area contributed by atoms with Crippen LogP contribution in [-0.4, -0.2) is 36.8 Å². The average Bonchev–Trinajstić information content (AvgIpc) is 2.15. The molecule has 78 valence electrons. The van der Waals surface area contributed by atoms with Gasteiger partial charge in [-0.05, 0) is 25.5 Å². The first-order valence-corrected chi connectivity index (χ1v) is 6.32. The summed E-state index contributed by atoms with van der Waals surface area (Å²) in [6.07, 6.45) is 2.70. The second-order valence-corrected chi connectivity index (χ2v) is 4.96. The summed E-state index contributed by atoms with van der Waals surface area (Å²) in [6.45, 7) is 7.05. The minimum atomic E-state index is 0.708. The van der Waals surface area contributed by atoms with E-state index in [-0.39, 0.29) is 0 Å². The van der Waals surface area contributed by atoms with E-state index in [9.17, 15) is 0 Å². The third-order valence-electron chi connectivity index (χ3n) is 2.46. The number of hydrogen-bond acceptors (Lipinski definition) is 3. The third-order valence-corrected chi connectivity index (χ3v) is 3.84. The first-order chi connectivity index (χ1) is 6.34. The van der Waals surface area contributed by atoms with E-state index in [4.69, 9.17) is 4.74 Å². The molecule has 0 aromatic rings. The molecule has 1 N–H and O–H groups in total. The summed E-state index contributed by atoms with van der Waals surface area (Å²) in [5.41, 5.74) is 0. The predicted octanol–water partition coefficient (Wildman–Crippen LogP) is 1.90. The van der Waals surface area contributed by atoms with Crippen LogP contribution in [0.5, 0.6) is 0 Å². The normalized spacial score (nSPS) is 29.1. The van der Waals surface area contributed by atoms with Gasteiger partial charge in [0.15, 0.2) is 0 Å². The fraction of sp³-hybridized carbons (Fsp3) is 1.00. The summed E-state index contributed by atoms with van der Waals surface area (Å²) >= 11 is 2.09. The van der Waals surface area contributed by atoms with Crippen LogP contribution in [-0.2, 0) is 4.74 Å². The van der Waals surface area contributed by atoms with E-state index in [0.29, 0.717) is 6.04 Å². The number of rotatable bonds is 5. The highest BCUT2D eigenvalue weighted by atomic mass is 32.2.